The van der Waals surface area contributed by atoms with E-state index in [1.165, 1.54) is 12.2 Å². The first-order chi connectivity index (χ1) is 15.9. The first kappa shape index (κ1) is 21.7. The number of aromatic nitrogens is 1. The molecule has 0 fully saturated rings. The molecule has 164 valence electrons. The van der Waals surface area contributed by atoms with E-state index in [9.17, 15) is 19.8 Å². The van der Waals surface area contributed by atoms with Gasteiger partial charge in [0, 0.05) is 23.9 Å². The summed E-state index contributed by atoms with van der Waals surface area (Å²) in [6, 6.07) is 11.0. The molecule has 1 atom stereocenters. The molecule has 4 rings (SSSR count). The smallest absolute Gasteiger partial charge is 0.335 e. The first-order valence-corrected chi connectivity index (χ1v) is 10.3. The Hall–Kier alpha value is -4.57. The highest BCUT2D eigenvalue weighted by molar-refractivity contribution is 5.92. The van der Waals surface area contributed by atoms with Gasteiger partial charge in [-0.15, -0.1) is 0 Å². The van der Waals surface area contributed by atoms with Gasteiger partial charge in [-0.05, 0) is 49.4 Å². The lowest BCUT2D eigenvalue weighted by molar-refractivity contribution is -0.133. The highest BCUT2D eigenvalue weighted by atomic mass is 16.4. The monoisotopic (exact) mass is 439 g/mol. The van der Waals surface area contributed by atoms with Gasteiger partial charge < -0.3 is 20.8 Å². The van der Waals surface area contributed by atoms with Crippen molar-refractivity contribution >= 4 is 11.9 Å². The number of nitrogens with one attached hydrogen (secondary N) is 2. The van der Waals surface area contributed by atoms with E-state index in [2.05, 4.69) is 27.5 Å². The quantitative estimate of drug-likeness (QED) is 0.542. The number of carboxylic acid groups (broad SMARTS) is 2. The lowest BCUT2D eigenvalue weighted by atomic mass is 9.99. The minimum Gasteiger partial charge on any atom is -0.478 e. The first-order valence-electron chi connectivity index (χ1n) is 10.3. The van der Waals surface area contributed by atoms with E-state index in [1.807, 2.05) is 37.3 Å². The Morgan fingerprint density at radius 1 is 0.970 bits per heavy atom. The summed E-state index contributed by atoms with van der Waals surface area (Å²) in [7, 11) is 0. The zero-order chi connectivity index (χ0) is 23.4. The van der Waals surface area contributed by atoms with Crippen LogP contribution in [0.1, 0.15) is 28.4 Å². The van der Waals surface area contributed by atoms with Crippen LogP contribution in [0.25, 0.3) is 0 Å². The molecule has 0 radical (unpaired) electrons. The number of aryl methyl sites for hydroxylation is 1. The van der Waals surface area contributed by atoms with Crippen molar-refractivity contribution < 1.29 is 19.8 Å². The van der Waals surface area contributed by atoms with Crippen molar-refractivity contribution in [2.75, 3.05) is 6.54 Å². The third-order valence-electron chi connectivity index (χ3n) is 5.16. The molecule has 0 saturated heterocycles. The van der Waals surface area contributed by atoms with Gasteiger partial charge in [-0.3, -0.25) is 4.98 Å². The molecule has 2 aromatic rings. The van der Waals surface area contributed by atoms with Gasteiger partial charge in [0.05, 0.1) is 34.3 Å². The molecule has 1 aromatic heterocycles. The number of carbonyl (C=O) groups is 2. The van der Waals surface area contributed by atoms with Gasteiger partial charge in [0.25, 0.3) is 0 Å². The van der Waals surface area contributed by atoms with Gasteiger partial charge in [-0.25, -0.2) is 9.59 Å². The van der Waals surface area contributed by atoms with Crippen molar-refractivity contribution in [1.29, 1.82) is 0 Å². The summed E-state index contributed by atoms with van der Waals surface area (Å²) < 4.78 is 0. The minimum atomic E-state index is -1.08. The van der Waals surface area contributed by atoms with E-state index >= 15 is 0 Å². The predicted octanol–water partition coefficient (Wildman–Crippen LogP) is 2.83. The third-order valence-corrected chi connectivity index (χ3v) is 5.16. The van der Waals surface area contributed by atoms with E-state index in [0.717, 1.165) is 16.7 Å². The summed E-state index contributed by atoms with van der Waals surface area (Å²) in [6.45, 7) is 2.34. The molecule has 0 saturated carbocycles. The van der Waals surface area contributed by atoms with Crippen LogP contribution < -0.4 is 10.6 Å². The number of hydrogen-bond acceptors (Lipinski definition) is 5. The number of aliphatic carboxylic acids is 2. The van der Waals surface area contributed by atoms with E-state index in [-0.39, 0.29) is 11.1 Å². The molecule has 1 aromatic carbocycles. The van der Waals surface area contributed by atoms with Crippen LogP contribution in [0.5, 0.6) is 0 Å². The molecule has 7 nitrogen and oxygen atoms in total. The summed E-state index contributed by atoms with van der Waals surface area (Å²) in [5.41, 5.74) is 4.60. The molecular weight excluding hydrogens is 418 g/mol. The number of nitrogens with zero attached hydrogens (tertiary/aromatic N) is 1. The standard InChI is InChI=1S/C26H21N3O4/c1-16-2-4-17(5-3-16)6-7-18-8-10-27-21(12-18)23-14-20(26(32)33)15-24(29-23)22-13-19(25(30)31)9-11-28-22/h2-5,8-10,12-15,23,28-29H,11H2,1H3,(H,30,31)(H,32,33). The van der Waals surface area contributed by atoms with Crippen LogP contribution in [0.4, 0.5) is 0 Å². The van der Waals surface area contributed by atoms with E-state index < -0.39 is 18.0 Å². The number of hydrogen-bond donors (Lipinski definition) is 4. The second kappa shape index (κ2) is 9.28. The van der Waals surface area contributed by atoms with Crippen LogP contribution in [0.3, 0.4) is 0 Å². The van der Waals surface area contributed by atoms with E-state index in [1.54, 1.807) is 24.4 Å². The lowest BCUT2D eigenvalue weighted by Crippen LogP contribution is -2.31. The Morgan fingerprint density at radius 3 is 2.39 bits per heavy atom. The van der Waals surface area contributed by atoms with Crippen molar-refractivity contribution in [1.82, 2.24) is 15.6 Å². The van der Waals surface area contributed by atoms with Crippen molar-refractivity contribution in [3.8, 4) is 11.8 Å². The van der Waals surface area contributed by atoms with E-state index in [0.29, 0.717) is 23.6 Å². The van der Waals surface area contributed by atoms with Crippen LogP contribution in [-0.4, -0.2) is 33.7 Å². The number of rotatable bonds is 4. The minimum absolute atomic E-state index is 0.0841. The van der Waals surface area contributed by atoms with Gasteiger partial charge in [0.1, 0.15) is 0 Å². The van der Waals surface area contributed by atoms with Crippen LogP contribution in [0.2, 0.25) is 0 Å². The molecule has 0 bridgehead atoms. The molecule has 0 aliphatic carbocycles. The average molecular weight is 439 g/mol. The van der Waals surface area contributed by atoms with E-state index in [4.69, 9.17) is 0 Å². The normalized spacial score (nSPS) is 17.1. The molecule has 0 spiro atoms. The Morgan fingerprint density at radius 2 is 1.67 bits per heavy atom. The second-order valence-electron chi connectivity index (χ2n) is 7.60. The summed E-state index contributed by atoms with van der Waals surface area (Å²) >= 11 is 0. The molecule has 33 heavy (non-hydrogen) atoms. The lowest BCUT2D eigenvalue weighted by Gasteiger charge is -2.26. The van der Waals surface area contributed by atoms with Crippen molar-refractivity contribution in [2.24, 2.45) is 0 Å². The molecule has 7 heteroatoms. The highest BCUT2D eigenvalue weighted by Gasteiger charge is 2.24. The molecule has 2 aliphatic rings. The maximum absolute atomic E-state index is 11.8. The van der Waals surface area contributed by atoms with Crippen LogP contribution in [0, 0.1) is 18.8 Å². The molecule has 4 N–H and O–H groups in total. The summed E-state index contributed by atoms with van der Waals surface area (Å²) in [4.78, 5) is 27.5. The highest BCUT2D eigenvalue weighted by Crippen LogP contribution is 2.26. The Bertz CT molecular complexity index is 1310. The Labute approximate surface area is 190 Å². The topological polar surface area (TPSA) is 112 Å². The maximum Gasteiger partial charge on any atom is 0.335 e. The van der Waals surface area contributed by atoms with Gasteiger partial charge in [0.15, 0.2) is 0 Å². The molecule has 1 unspecified atom stereocenters. The predicted molar refractivity (Wildman–Crippen MR) is 123 cm³/mol. The fourth-order valence-electron chi connectivity index (χ4n) is 3.42. The molecule has 2 aliphatic heterocycles. The van der Waals surface area contributed by atoms with Crippen molar-refractivity contribution in [2.45, 2.75) is 13.0 Å². The largest absolute Gasteiger partial charge is 0.478 e. The Balaban J connectivity index is 1.63. The maximum atomic E-state index is 11.8. The summed E-state index contributed by atoms with van der Waals surface area (Å²) in [6.07, 6.45) is 7.71. The van der Waals surface area contributed by atoms with Gasteiger partial charge in [0.2, 0.25) is 0 Å². The number of carboxylic acids is 2. The van der Waals surface area contributed by atoms with Crippen LogP contribution in [0.15, 0.2) is 89.4 Å². The van der Waals surface area contributed by atoms with Crippen LogP contribution in [-0.2, 0) is 9.59 Å². The fraction of sp³-hybridized carbons (Fsp3) is 0.115. The fourth-order valence-corrected chi connectivity index (χ4v) is 3.42. The van der Waals surface area contributed by atoms with Crippen molar-refractivity contribution in [3.05, 3.63) is 112 Å². The number of dihydropyridines is 2. The van der Waals surface area contributed by atoms with Crippen LogP contribution >= 0.6 is 0 Å². The molecule has 0 amide bonds. The van der Waals surface area contributed by atoms with Crippen molar-refractivity contribution in [3.63, 3.8) is 0 Å². The number of benzene rings is 1. The van der Waals surface area contributed by atoms with Gasteiger partial charge in [-0.2, -0.15) is 0 Å². The zero-order valence-corrected chi connectivity index (χ0v) is 17.8. The summed E-state index contributed by atoms with van der Waals surface area (Å²) in [5, 5.41) is 25.2. The summed E-state index contributed by atoms with van der Waals surface area (Å²) in [5.74, 6) is 4.11. The van der Waals surface area contributed by atoms with Gasteiger partial charge in [-0.1, -0.05) is 35.6 Å². The van der Waals surface area contributed by atoms with Gasteiger partial charge >= 0.3 is 11.9 Å². The zero-order valence-electron chi connectivity index (χ0n) is 17.8. The Kier molecular flexibility index (Phi) is 6.09. The molecule has 3 heterocycles. The SMILES string of the molecule is Cc1ccc(C#Cc2ccnc(C3C=C(C(=O)O)C=C(C4=CC(C(=O)O)=CCN4)N3)c2)cc1. The second-order valence-corrected chi connectivity index (χ2v) is 7.60. The number of pyridine rings is 1. The third kappa shape index (κ3) is 5.20. The average Bonchev–Trinajstić information content (AvgIpc) is 2.83. The molecular formula is C26H21N3O4.